The average molecular weight is 423 g/mol. The van der Waals surface area contributed by atoms with Gasteiger partial charge in [0.05, 0.1) is 0 Å². The molecule has 1 aromatic carbocycles. The molecule has 0 bridgehead atoms. The Bertz CT molecular complexity index is 897. The van der Waals surface area contributed by atoms with Gasteiger partial charge in [0.1, 0.15) is 11.4 Å². The summed E-state index contributed by atoms with van der Waals surface area (Å²) < 4.78 is 0. The molecule has 2 aromatic rings. The van der Waals surface area contributed by atoms with Gasteiger partial charge in [-0.2, -0.15) is 0 Å². The van der Waals surface area contributed by atoms with Crippen LogP contribution in [0.25, 0.3) is 0 Å². The smallest absolute Gasteiger partial charge is 0.247 e. The number of nitrogens with zero attached hydrogens (tertiary/aromatic N) is 3. The van der Waals surface area contributed by atoms with Crippen molar-refractivity contribution in [2.45, 2.75) is 58.0 Å². The standard InChI is InChI=1S/C25H34N4O2/c1-19-10-8-14-22(26-19)29-17-9-13-21(18-29)28(4)24(31)25(2,3)27-23(30)16-15-20-11-6-5-7-12-20/h5-8,10-12,14,21H,9,13,15-18H2,1-4H3,(H,27,30)/t21-/m0/s1. The third-order valence-electron chi connectivity index (χ3n) is 5.93. The summed E-state index contributed by atoms with van der Waals surface area (Å²) in [5, 5.41) is 2.94. The molecule has 6 nitrogen and oxygen atoms in total. The van der Waals surface area contributed by atoms with Crippen LogP contribution < -0.4 is 10.2 Å². The van der Waals surface area contributed by atoms with Crippen molar-refractivity contribution in [3.63, 3.8) is 0 Å². The molecule has 0 aliphatic carbocycles. The highest BCUT2D eigenvalue weighted by Gasteiger charge is 2.36. The highest BCUT2D eigenvalue weighted by atomic mass is 16.2. The minimum atomic E-state index is -0.952. The van der Waals surface area contributed by atoms with E-state index in [4.69, 9.17) is 0 Å². The number of carbonyl (C=O) groups excluding carboxylic acids is 2. The average Bonchev–Trinajstić information content (AvgIpc) is 2.77. The lowest BCUT2D eigenvalue weighted by atomic mass is 9.98. The van der Waals surface area contributed by atoms with Gasteiger partial charge in [0.2, 0.25) is 11.8 Å². The van der Waals surface area contributed by atoms with Gasteiger partial charge in [-0.3, -0.25) is 9.59 Å². The molecule has 2 heterocycles. The minimum absolute atomic E-state index is 0.0652. The van der Waals surface area contributed by atoms with E-state index in [1.165, 1.54) is 0 Å². The number of hydrogen-bond donors (Lipinski definition) is 1. The Morgan fingerprint density at radius 1 is 1.16 bits per heavy atom. The van der Waals surface area contributed by atoms with Gasteiger partial charge >= 0.3 is 0 Å². The molecule has 31 heavy (non-hydrogen) atoms. The van der Waals surface area contributed by atoms with Crippen molar-refractivity contribution >= 4 is 17.6 Å². The molecular weight excluding hydrogens is 388 g/mol. The summed E-state index contributed by atoms with van der Waals surface area (Å²) in [6, 6.07) is 16.0. The number of hydrogen-bond acceptors (Lipinski definition) is 4. The number of carbonyl (C=O) groups is 2. The van der Waals surface area contributed by atoms with E-state index in [0.29, 0.717) is 12.8 Å². The van der Waals surface area contributed by atoms with Crippen LogP contribution in [0, 0.1) is 6.92 Å². The van der Waals surface area contributed by atoms with E-state index in [9.17, 15) is 9.59 Å². The van der Waals surface area contributed by atoms with Gasteiger partial charge in [-0.25, -0.2) is 4.98 Å². The van der Waals surface area contributed by atoms with Crippen molar-refractivity contribution in [2.24, 2.45) is 0 Å². The zero-order valence-electron chi connectivity index (χ0n) is 19.1. The molecule has 1 N–H and O–H groups in total. The van der Waals surface area contributed by atoms with Crippen LogP contribution >= 0.6 is 0 Å². The van der Waals surface area contributed by atoms with Crippen LogP contribution in [-0.2, 0) is 16.0 Å². The van der Waals surface area contributed by atoms with E-state index in [0.717, 1.165) is 43.0 Å². The lowest BCUT2D eigenvalue weighted by molar-refractivity contribution is -0.141. The second-order valence-corrected chi connectivity index (χ2v) is 8.95. The number of aryl methyl sites for hydroxylation is 2. The van der Waals surface area contributed by atoms with Crippen LogP contribution in [0.1, 0.15) is 44.4 Å². The lowest BCUT2D eigenvalue weighted by Gasteiger charge is -2.41. The first-order chi connectivity index (χ1) is 14.8. The number of pyridine rings is 1. The summed E-state index contributed by atoms with van der Waals surface area (Å²) in [7, 11) is 1.85. The van der Waals surface area contributed by atoms with Gasteiger partial charge < -0.3 is 15.1 Å². The van der Waals surface area contributed by atoms with E-state index in [1.54, 1.807) is 18.7 Å². The van der Waals surface area contributed by atoms with Gasteiger partial charge in [-0.05, 0) is 57.7 Å². The number of rotatable bonds is 7. The summed E-state index contributed by atoms with van der Waals surface area (Å²) in [5.74, 6) is 0.786. The number of aromatic nitrogens is 1. The van der Waals surface area contributed by atoms with Crippen LogP contribution in [0.15, 0.2) is 48.5 Å². The van der Waals surface area contributed by atoms with Gasteiger partial charge in [-0.1, -0.05) is 36.4 Å². The Kier molecular flexibility index (Phi) is 7.31. The maximum Gasteiger partial charge on any atom is 0.247 e. The molecule has 6 heteroatoms. The second-order valence-electron chi connectivity index (χ2n) is 8.95. The zero-order chi connectivity index (χ0) is 22.4. The third-order valence-corrected chi connectivity index (χ3v) is 5.93. The zero-order valence-corrected chi connectivity index (χ0v) is 19.1. The molecule has 1 saturated heterocycles. The van der Waals surface area contributed by atoms with Crippen LogP contribution in [0.5, 0.6) is 0 Å². The van der Waals surface area contributed by atoms with Crippen molar-refractivity contribution in [3.05, 3.63) is 59.8 Å². The van der Waals surface area contributed by atoms with Crippen LogP contribution in [0.3, 0.4) is 0 Å². The maximum absolute atomic E-state index is 13.2. The van der Waals surface area contributed by atoms with Crippen molar-refractivity contribution in [3.8, 4) is 0 Å². The van der Waals surface area contributed by atoms with Gasteiger partial charge in [0.25, 0.3) is 0 Å². The van der Waals surface area contributed by atoms with Crippen molar-refractivity contribution in [1.82, 2.24) is 15.2 Å². The Labute approximate surface area is 185 Å². The summed E-state index contributed by atoms with van der Waals surface area (Å²) >= 11 is 0. The third kappa shape index (κ3) is 6.06. The molecule has 0 spiro atoms. The molecule has 1 aliphatic heterocycles. The molecule has 3 rings (SSSR count). The summed E-state index contributed by atoms with van der Waals surface area (Å²) in [4.78, 5) is 34.4. The first-order valence-electron chi connectivity index (χ1n) is 11.1. The summed E-state index contributed by atoms with van der Waals surface area (Å²) in [6.07, 6.45) is 2.97. The fourth-order valence-electron chi connectivity index (χ4n) is 4.16. The van der Waals surface area contributed by atoms with E-state index >= 15 is 0 Å². The molecule has 0 unspecified atom stereocenters. The van der Waals surface area contributed by atoms with Crippen molar-refractivity contribution < 1.29 is 9.59 Å². The molecule has 1 atom stereocenters. The fraction of sp³-hybridized carbons (Fsp3) is 0.480. The molecule has 1 aromatic heterocycles. The van der Waals surface area contributed by atoms with Gasteiger partial charge in [-0.15, -0.1) is 0 Å². The number of amides is 2. The molecule has 0 radical (unpaired) electrons. The van der Waals surface area contributed by atoms with Crippen LogP contribution in [0.4, 0.5) is 5.82 Å². The molecule has 166 valence electrons. The minimum Gasteiger partial charge on any atom is -0.355 e. The first-order valence-corrected chi connectivity index (χ1v) is 11.1. The highest BCUT2D eigenvalue weighted by Crippen LogP contribution is 2.22. The number of nitrogens with one attached hydrogen (secondary N) is 1. The summed E-state index contributed by atoms with van der Waals surface area (Å²) in [6.45, 7) is 7.25. The molecular formula is C25H34N4O2. The predicted octanol–water partition coefficient (Wildman–Crippen LogP) is 3.34. The number of benzene rings is 1. The SMILES string of the molecule is Cc1cccc(N2CCC[C@H](N(C)C(=O)C(C)(C)NC(=O)CCc3ccccc3)C2)n1. The van der Waals surface area contributed by atoms with Gasteiger partial charge in [0.15, 0.2) is 0 Å². The van der Waals surface area contributed by atoms with E-state index in [1.807, 2.05) is 62.5 Å². The summed E-state index contributed by atoms with van der Waals surface area (Å²) in [5.41, 5.74) is 1.15. The van der Waals surface area contributed by atoms with Crippen molar-refractivity contribution in [1.29, 1.82) is 0 Å². The predicted molar refractivity (Wildman–Crippen MR) is 124 cm³/mol. The van der Waals surface area contributed by atoms with E-state index < -0.39 is 5.54 Å². The van der Waals surface area contributed by atoms with Crippen LogP contribution in [-0.4, -0.2) is 53.4 Å². The molecule has 1 fully saturated rings. The quantitative estimate of drug-likeness (QED) is 0.743. The normalized spacial score (nSPS) is 16.6. The maximum atomic E-state index is 13.2. The largest absolute Gasteiger partial charge is 0.355 e. The topological polar surface area (TPSA) is 65.5 Å². The number of anilines is 1. The lowest BCUT2D eigenvalue weighted by Crippen LogP contribution is -2.59. The van der Waals surface area contributed by atoms with Crippen LogP contribution in [0.2, 0.25) is 0 Å². The molecule has 1 aliphatic rings. The number of piperidine rings is 1. The molecule has 2 amide bonds. The Hall–Kier alpha value is -2.89. The fourth-order valence-corrected chi connectivity index (χ4v) is 4.16. The first kappa shape index (κ1) is 22.8. The second kappa shape index (κ2) is 9.94. The molecule has 0 saturated carbocycles. The number of likely N-dealkylation sites (N-methyl/N-ethyl adjacent to an activating group) is 1. The van der Waals surface area contributed by atoms with Gasteiger partial charge in [0, 0.05) is 38.3 Å². The Morgan fingerprint density at radius 2 is 1.90 bits per heavy atom. The van der Waals surface area contributed by atoms with Crippen molar-refractivity contribution in [2.75, 3.05) is 25.0 Å². The Morgan fingerprint density at radius 3 is 2.61 bits per heavy atom. The van der Waals surface area contributed by atoms with E-state index in [2.05, 4.69) is 15.2 Å². The monoisotopic (exact) mass is 422 g/mol. The highest BCUT2D eigenvalue weighted by molar-refractivity contribution is 5.90. The Balaban J connectivity index is 1.57. The van der Waals surface area contributed by atoms with E-state index in [-0.39, 0.29) is 17.9 Å².